The van der Waals surface area contributed by atoms with Crippen molar-refractivity contribution < 1.29 is 4.74 Å². The molecule has 0 spiro atoms. The lowest BCUT2D eigenvalue weighted by Crippen LogP contribution is -2.01. The summed E-state index contributed by atoms with van der Waals surface area (Å²) in [6.45, 7) is 0. The van der Waals surface area contributed by atoms with Gasteiger partial charge in [0, 0.05) is 0 Å². The van der Waals surface area contributed by atoms with Crippen molar-refractivity contribution in [2.45, 2.75) is 31.8 Å². The van der Waals surface area contributed by atoms with Gasteiger partial charge in [0.15, 0.2) is 0 Å². The first-order chi connectivity index (χ1) is 3.93. The average molecular weight is 111 g/mol. The highest BCUT2D eigenvalue weighted by Gasteiger charge is 2.14. The minimum absolute atomic E-state index is 0.250. The molecule has 1 fully saturated rings. The third-order valence-corrected chi connectivity index (χ3v) is 1.52. The van der Waals surface area contributed by atoms with Crippen LogP contribution >= 0.6 is 0 Å². The SMILES string of the molecule is N#COC1CCCC1. The summed E-state index contributed by atoms with van der Waals surface area (Å²) in [5.74, 6) is 0. The predicted molar refractivity (Wildman–Crippen MR) is 29.0 cm³/mol. The van der Waals surface area contributed by atoms with Crippen molar-refractivity contribution in [3.8, 4) is 6.26 Å². The summed E-state index contributed by atoms with van der Waals surface area (Å²) in [5.41, 5.74) is 0. The minimum atomic E-state index is 0.250. The molecule has 0 bridgehead atoms. The van der Waals surface area contributed by atoms with Gasteiger partial charge in [-0.15, -0.1) is 0 Å². The molecule has 0 radical (unpaired) electrons. The maximum Gasteiger partial charge on any atom is 0.286 e. The zero-order valence-electron chi connectivity index (χ0n) is 4.76. The number of rotatable bonds is 1. The highest BCUT2D eigenvalue weighted by molar-refractivity contribution is 4.69. The second-order valence-electron chi connectivity index (χ2n) is 2.12. The summed E-state index contributed by atoms with van der Waals surface area (Å²) in [6.07, 6.45) is 6.57. The quantitative estimate of drug-likeness (QED) is 0.479. The topological polar surface area (TPSA) is 33.0 Å². The van der Waals surface area contributed by atoms with Crippen molar-refractivity contribution in [2.24, 2.45) is 0 Å². The van der Waals surface area contributed by atoms with Crippen LogP contribution < -0.4 is 0 Å². The Kier molecular flexibility index (Phi) is 1.74. The monoisotopic (exact) mass is 111 g/mol. The van der Waals surface area contributed by atoms with E-state index in [2.05, 4.69) is 0 Å². The van der Waals surface area contributed by atoms with Gasteiger partial charge >= 0.3 is 0 Å². The van der Waals surface area contributed by atoms with Crippen molar-refractivity contribution in [1.29, 1.82) is 5.26 Å². The standard InChI is InChI=1S/C6H9NO/c7-5-8-6-3-1-2-4-6/h6H,1-4H2. The first kappa shape index (κ1) is 5.43. The van der Waals surface area contributed by atoms with Gasteiger partial charge in [-0.05, 0) is 25.7 Å². The normalized spacial score (nSPS) is 20.4. The summed E-state index contributed by atoms with van der Waals surface area (Å²) in [7, 11) is 0. The Morgan fingerprint density at radius 1 is 1.38 bits per heavy atom. The van der Waals surface area contributed by atoms with Crippen LogP contribution in [0.5, 0.6) is 0 Å². The molecule has 2 heteroatoms. The van der Waals surface area contributed by atoms with Gasteiger partial charge in [-0.3, -0.25) is 0 Å². The third-order valence-electron chi connectivity index (χ3n) is 1.52. The van der Waals surface area contributed by atoms with E-state index in [1.165, 1.54) is 12.8 Å². The molecule has 0 heterocycles. The fourth-order valence-corrected chi connectivity index (χ4v) is 1.08. The molecule has 0 aromatic heterocycles. The number of ether oxygens (including phenoxy) is 1. The van der Waals surface area contributed by atoms with Gasteiger partial charge in [0.25, 0.3) is 6.26 Å². The molecule has 8 heavy (non-hydrogen) atoms. The molecular weight excluding hydrogens is 102 g/mol. The van der Waals surface area contributed by atoms with Gasteiger partial charge in [-0.25, -0.2) is 0 Å². The van der Waals surface area contributed by atoms with E-state index in [9.17, 15) is 0 Å². The molecule has 0 aromatic carbocycles. The second-order valence-corrected chi connectivity index (χ2v) is 2.12. The smallest absolute Gasteiger partial charge is 0.286 e. The largest absolute Gasteiger partial charge is 0.424 e. The first-order valence-corrected chi connectivity index (χ1v) is 2.98. The van der Waals surface area contributed by atoms with Crippen LogP contribution in [0.15, 0.2) is 0 Å². The Balaban J connectivity index is 2.17. The van der Waals surface area contributed by atoms with Crippen molar-refractivity contribution in [1.82, 2.24) is 0 Å². The van der Waals surface area contributed by atoms with E-state index in [0.29, 0.717) is 0 Å². The van der Waals surface area contributed by atoms with Gasteiger partial charge in [0.1, 0.15) is 6.10 Å². The maximum absolute atomic E-state index is 8.05. The van der Waals surface area contributed by atoms with E-state index < -0.39 is 0 Å². The maximum atomic E-state index is 8.05. The van der Waals surface area contributed by atoms with Crippen molar-refractivity contribution >= 4 is 0 Å². The van der Waals surface area contributed by atoms with Crippen molar-refractivity contribution in [2.75, 3.05) is 0 Å². The van der Waals surface area contributed by atoms with Gasteiger partial charge in [-0.2, -0.15) is 5.26 Å². The molecule has 2 nitrogen and oxygen atoms in total. The number of nitrogens with zero attached hydrogens (tertiary/aromatic N) is 1. The summed E-state index contributed by atoms with van der Waals surface area (Å²) in [4.78, 5) is 0. The molecule has 1 rings (SSSR count). The lowest BCUT2D eigenvalue weighted by atomic mass is 10.3. The summed E-state index contributed by atoms with van der Waals surface area (Å²) in [6, 6.07) is 0. The lowest BCUT2D eigenvalue weighted by molar-refractivity contribution is 0.168. The van der Waals surface area contributed by atoms with Gasteiger partial charge in [-0.1, -0.05) is 0 Å². The Morgan fingerprint density at radius 2 is 2.00 bits per heavy atom. The van der Waals surface area contributed by atoms with Crippen LogP contribution in [0.4, 0.5) is 0 Å². The van der Waals surface area contributed by atoms with Crippen LogP contribution in [0.1, 0.15) is 25.7 Å². The van der Waals surface area contributed by atoms with E-state index in [0.717, 1.165) is 12.8 Å². The van der Waals surface area contributed by atoms with Crippen LogP contribution in [-0.4, -0.2) is 6.10 Å². The van der Waals surface area contributed by atoms with Crippen LogP contribution in [0.25, 0.3) is 0 Å². The van der Waals surface area contributed by atoms with E-state index in [4.69, 9.17) is 10.00 Å². The van der Waals surface area contributed by atoms with Gasteiger partial charge in [0.05, 0.1) is 0 Å². The Bertz CT molecular complexity index is 99.6. The highest BCUT2D eigenvalue weighted by Crippen LogP contribution is 2.19. The van der Waals surface area contributed by atoms with E-state index in [1.807, 2.05) is 0 Å². The molecule has 0 unspecified atom stereocenters. The zero-order valence-corrected chi connectivity index (χ0v) is 4.76. The van der Waals surface area contributed by atoms with Crippen LogP contribution in [0.2, 0.25) is 0 Å². The molecule has 0 saturated heterocycles. The minimum Gasteiger partial charge on any atom is -0.424 e. The number of hydrogen-bond acceptors (Lipinski definition) is 2. The third kappa shape index (κ3) is 1.13. The fraction of sp³-hybridized carbons (Fsp3) is 0.833. The van der Waals surface area contributed by atoms with Gasteiger partial charge < -0.3 is 4.74 Å². The summed E-state index contributed by atoms with van der Waals surface area (Å²) < 4.78 is 4.71. The van der Waals surface area contributed by atoms with E-state index >= 15 is 0 Å². The molecule has 1 aliphatic carbocycles. The van der Waals surface area contributed by atoms with Crippen LogP contribution in [0.3, 0.4) is 0 Å². The molecule has 0 amide bonds. The molecule has 0 atom stereocenters. The summed E-state index contributed by atoms with van der Waals surface area (Å²) in [5, 5.41) is 8.05. The van der Waals surface area contributed by atoms with Crippen LogP contribution in [-0.2, 0) is 4.74 Å². The molecule has 1 aliphatic rings. The molecule has 0 aromatic rings. The van der Waals surface area contributed by atoms with Crippen molar-refractivity contribution in [3.63, 3.8) is 0 Å². The molecule has 0 N–H and O–H groups in total. The van der Waals surface area contributed by atoms with Gasteiger partial charge in [0.2, 0.25) is 0 Å². The second kappa shape index (κ2) is 2.56. The number of nitriles is 1. The number of hydrogen-bond donors (Lipinski definition) is 0. The highest BCUT2D eigenvalue weighted by atomic mass is 16.5. The molecule has 0 aliphatic heterocycles. The van der Waals surface area contributed by atoms with E-state index in [1.54, 1.807) is 6.26 Å². The summed E-state index contributed by atoms with van der Waals surface area (Å²) >= 11 is 0. The Morgan fingerprint density at radius 3 is 2.50 bits per heavy atom. The van der Waals surface area contributed by atoms with E-state index in [-0.39, 0.29) is 6.10 Å². The molecular formula is C6H9NO. The first-order valence-electron chi connectivity index (χ1n) is 2.98. The van der Waals surface area contributed by atoms with Crippen LogP contribution in [0, 0.1) is 11.5 Å². The van der Waals surface area contributed by atoms with Crippen molar-refractivity contribution in [3.05, 3.63) is 0 Å². The Hall–Kier alpha value is -0.710. The molecule has 1 saturated carbocycles. The lowest BCUT2D eigenvalue weighted by Gasteiger charge is -2.00. The molecule has 44 valence electrons. The zero-order chi connectivity index (χ0) is 5.82. The average Bonchev–Trinajstić information content (AvgIpc) is 2.19. The Labute approximate surface area is 49.1 Å². The predicted octanol–water partition coefficient (Wildman–Crippen LogP) is 1.43. The fourth-order valence-electron chi connectivity index (χ4n) is 1.08.